The van der Waals surface area contributed by atoms with Gasteiger partial charge in [-0.1, -0.05) is 0 Å². The van der Waals surface area contributed by atoms with E-state index in [-0.39, 0.29) is 23.7 Å². The van der Waals surface area contributed by atoms with Gasteiger partial charge in [-0.25, -0.2) is 4.98 Å². The van der Waals surface area contributed by atoms with Gasteiger partial charge in [0.15, 0.2) is 17.4 Å². The molecule has 2 fully saturated rings. The van der Waals surface area contributed by atoms with Crippen molar-refractivity contribution in [2.24, 2.45) is 0 Å². The molecule has 2 aliphatic heterocycles. The highest BCUT2D eigenvalue weighted by Gasteiger charge is 2.51. The lowest BCUT2D eigenvalue weighted by Gasteiger charge is -2.25. The summed E-state index contributed by atoms with van der Waals surface area (Å²) in [5, 5.41) is 10.3. The molecule has 0 unspecified atom stereocenters. The van der Waals surface area contributed by atoms with Crippen molar-refractivity contribution in [1.29, 1.82) is 0 Å². The number of aromatic amines is 1. The van der Waals surface area contributed by atoms with Crippen molar-refractivity contribution in [2.75, 3.05) is 19.0 Å². The zero-order valence-corrected chi connectivity index (χ0v) is 12.8. The first-order valence-corrected chi connectivity index (χ1v) is 8.81. The first kappa shape index (κ1) is 14.8. The summed E-state index contributed by atoms with van der Waals surface area (Å²) >= 11 is 0. The van der Waals surface area contributed by atoms with Gasteiger partial charge >= 0.3 is 7.60 Å². The van der Waals surface area contributed by atoms with Gasteiger partial charge < -0.3 is 20.1 Å². The molecule has 23 heavy (non-hydrogen) atoms. The van der Waals surface area contributed by atoms with Crippen LogP contribution in [0.25, 0.3) is 11.2 Å². The summed E-state index contributed by atoms with van der Waals surface area (Å²) in [5.41, 5.74) is 5.33. The summed E-state index contributed by atoms with van der Waals surface area (Å²) in [6, 6.07) is 0. The number of nitrogens with zero attached hydrogens (tertiary/aromatic N) is 3. The fourth-order valence-electron chi connectivity index (χ4n) is 2.78. The number of aliphatic hydroxyl groups is 1. The number of aliphatic hydroxyl groups excluding tert-OH is 1. The number of aromatic nitrogens is 4. The summed E-state index contributed by atoms with van der Waals surface area (Å²) in [5.74, 6) is -0.0756. The van der Waals surface area contributed by atoms with Gasteiger partial charge in [0.25, 0.3) is 5.56 Å². The predicted molar refractivity (Wildman–Crippen MR) is 76.8 cm³/mol. The Labute approximate surface area is 128 Å². The number of ether oxygens (including phenoxy) is 1. The third-order valence-electron chi connectivity index (χ3n) is 3.82. The van der Waals surface area contributed by atoms with Gasteiger partial charge in [-0.15, -0.1) is 0 Å². The summed E-state index contributed by atoms with van der Waals surface area (Å²) in [4.78, 5) is 22.2. The Bertz CT molecular complexity index is 879. The highest BCUT2D eigenvalue weighted by molar-refractivity contribution is 7.53. The third kappa shape index (κ3) is 2.28. The summed E-state index contributed by atoms with van der Waals surface area (Å²) in [7, 11) is -3.31. The summed E-state index contributed by atoms with van der Waals surface area (Å²) in [6.07, 6.45) is -2.21. The molecule has 0 amide bonds. The highest BCUT2D eigenvalue weighted by atomic mass is 31.2. The van der Waals surface area contributed by atoms with Gasteiger partial charge in [-0.05, 0) is 0 Å². The second-order valence-corrected chi connectivity index (χ2v) is 7.48. The van der Waals surface area contributed by atoms with Crippen LogP contribution in [-0.2, 0) is 18.3 Å². The molecule has 2 aliphatic rings. The van der Waals surface area contributed by atoms with Gasteiger partial charge in [0.2, 0.25) is 5.95 Å². The van der Waals surface area contributed by atoms with E-state index >= 15 is 0 Å². The number of fused-ring (bicyclic) bond motifs is 3. The molecule has 4 heterocycles. The average Bonchev–Trinajstić information content (AvgIpc) is 2.96. The summed E-state index contributed by atoms with van der Waals surface area (Å²) < 4.78 is 29.8. The Morgan fingerprint density at radius 3 is 3.13 bits per heavy atom. The molecular formula is C11H14N5O6P. The minimum atomic E-state index is -3.31. The minimum Gasteiger partial charge on any atom is -0.387 e. The number of hydrogen-bond donors (Lipinski definition) is 3. The van der Waals surface area contributed by atoms with Crippen molar-refractivity contribution < 1.29 is 23.5 Å². The van der Waals surface area contributed by atoms with Crippen LogP contribution in [0.3, 0.4) is 0 Å². The van der Waals surface area contributed by atoms with Crippen LogP contribution < -0.4 is 11.3 Å². The lowest BCUT2D eigenvalue weighted by atomic mass is 10.1. The molecule has 0 saturated carbocycles. The van der Waals surface area contributed by atoms with Crippen molar-refractivity contribution in [3.63, 3.8) is 0 Å². The van der Waals surface area contributed by atoms with E-state index in [1.807, 2.05) is 0 Å². The van der Waals surface area contributed by atoms with Crippen LogP contribution in [0, 0.1) is 0 Å². The van der Waals surface area contributed by atoms with Crippen molar-refractivity contribution in [3.05, 3.63) is 16.7 Å². The Hall–Kier alpha value is -1.78. The largest absolute Gasteiger partial charge is 0.387 e. The maximum Gasteiger partial charge on any atom is 0.328 e. The van der Waals surface area contributed by atoms with Crippen molar-refractivity contribution in [3.8, 4) is 0 Å². The van der Waals surface area contributed by atoms with Gasteiger partial charge in [-0.3, -0.25) is 23.4 Å². The molecule has 0 spiro atoms. The van der Waals surface area contributed by atoms with Gasteiger partial charge in [-0.2, -0.15) is 4.98 Å². The maximum atomic E-state index is 12.1. The molecule has 124 valence electrons. The standard InChI is InChI=1S/C11H14N5O6P/c1-23(19)20-2-4-6(17)7(22-23)10(21-4)16-3-13-5-8(16)14-11(12)15-9(5)18/h3-4,6-7,10,17H,2H2,1H3,(H3,12,14,15,18)/t4-,6-,7+,10+,23-/m0/s1. The van der Waals surface area contributed by atoms with Crippen LogP contribution in [0.1, 0.15) is 6.23 Å². The van der Waals surface area contributed by atoms with Gasteiger partial charge in [0, 0.05) is 6.66 Å². The zero-order chi connectivity index (χ0) is 16.4. The molecule has 4 rings (SSSR count). The SMILES string of the molecule is C[P@]1(=O)OC[C@@H]2O[C@@H](n3cnc4c(=O)[nH]c(N)nc43)[C@H](O1)[C@H]2O. The Balaban J connectivity index is 1.82. The van der Waals surface area contributed by atoms with E-state index < -0.39 is 37.7 Å². The number of nitrogen functional groups attached to an aromatic ring is 1. The van der Waals surface area contributed by atoms with E-state index in [2.05, 4.69) is 15.0 Å². The number of rotatable bonds is 1. The molecule has 0 aliphatic carbocycles. The van der Waals surface area contributed by atoms with Crippen LogP contribution >= 0.6 is 7.60 Å². The lowest BCUT2D eigenvalue weighted by Crippen LogP contribution is -2.32. The fourth-order valence-corrected chi connectivity index (χ4v) is 3.93. The van der Waals surface area contributed by atoms with Crippen LogP contribution in [0.5, 0.6) is 0 Å². The van der Waals surface area contributed by atoms with E-state index in [9.17, 15) is 14.5 Å². The molecule has 0 radical (unpaired) electrons. The van der Waals surface area contributed by atoms with Crippen LogP contribution in [0.4, 0.5) is 5.95 Å². The molecular weight excluding hydrogens is 329 g/mol. The molecule has 2 saturated heterocycles. The Kier molecular flexibility index (Phi) is 3.12. The first-order chi connectivity index (χ1) is 10.9. The highest BCUT2D eigenvalue weighted by Crippen LogP contribution is 2.52. The van der Waals surface area contributed by atoms with E-state index in [1.165, 1.54) is 17.6 Å². The molecule has 12 heteroatoms. The lowest BCUT2D eigenvalue weighted by molar-refractivity contribution is -0.0601. The monoisotopic (exact) mass is 343 g/mol. The van der Waals surface area contributed by atoms with Crippen LogP contribution in [0.2, 0.25) is 0 Å². The predicted octanol–water partition coefficient (Wildman–Crippen LogP) is -0.802. The molecule has 2 aromatic heterocycles. The van der Waals surface area contributed by atoms with E-state index in [0.717, 1.165) is 0 Å². The summed E-state index contributed by atoms with van der Waals surface area (Å²) in [6.45, 7) is 1.26. The molecule has 2 aromatic rings. The van der Waals surface area contributed by atoms with Crippen LogP contribution in [0.15, 0.2) is 11.1 Å². The number of nitrogens with one attached hydrogen (secondary N) is 1. The first-order valence-electron chi connectivity index (χ1n) is 6.82. The third-order valence-corrected chi connectivity index (χ3v) is 5.07. The molecule has 2 bridgehead atoms. The quantitative estimate of drug-likeness (QED) is 0.564. The van der Waals surface area contributed by atoms with Crippen molar-refractivity contribution in [1.82, 2.24) is 19.5 Å². The molecule has 5 atom stereocenters. The minimum absolute atomic E-state index is 0.0648. The average molecular weight is 343 g/mol. The smallest absolute Gasteiger partial charge is 0.328 e. The van der Waals surface area contributed by atoms with E-state index in [0.29, 0.717) is 0 Å². The van der Waals surface area contributed by atoms with Crippen LogP contribution in [-0.4, -0.2) is 56.2 Å². The Morgan fingerprint density at radius 2 is 2.35 bits per heavy atom. The molecule has 11 nitrogen and oxygen atoms in total. The number of H-pyrrole nitrogens is 1. The number of hydrogen-bond acceptors (Lipinski definition) is 9. The molecule has 4 N–H and O–H groups in total. The topological polar surface area (TPSA) is 155 Å². The second kappa shape index (κ2) is 4.86. The molecule has 0 aromatic carbocycles. The van der Waals surface area contributed by atoms with Crippen molar-refractivity contribution >= 4 is 24.7 Å². The van der Waals surface area contributed by atoms with E-state index in [1.54, 1.807) is 0 Å². The van der Waals surface area contributed by atoms with Gasteiger partial charge in [0.1, 0.15) is 18.3 Å². The fraction of sp³-hybridized carbons (Fsp3) is 0.545. The normalized spacial score (nSPS) is 37.1. The maximum absolute atomic E-state index is 12.1. The number of anilines is 1. The number of imidazole rings is 1. The number of nitrogens with two attached hydrogens (primary N) is 1. The van der Waals surface area contributed by atoms with Crippen molar-refractivity contribution in [2.45, 2.75) is 24.5 Å². The Morgan fingerprint density at radius 1 is 1.57 bits per heavy atom. The van der Waals surface area contributed by atoms with E-state index in [4.69, 9.17) is 19.5 Å². The second-order valence-electron chi connectivity index (χ2n) is 5.47. The zero-order valence-electron chi connectivity index (χ0n) is 11.9. The van der Waals surface area contributed by atoms with Gasteiger partial charge in [0.05, 0.1) is 12.9 Å².